The third kappa shape index (κ3) is 3.75. The summed E-state index contributed by atoms with van der Waals surface area (Å²) < 4.78 is 5.20. The predicted molar refractivity (Wildman–Crippen MR) is 104 cm³/mol. The van der Waals surface area contributed by atoms with E-state index in [0.717, 1.165) is 4.90 Å². The number of carbonyl (C=O) groups excluding carboxylic acids is 2. The third-order valence-corrected chi connectivity index (χ3v) is 4.70. The number of hydrogen-bond acceptors (Lipinski definition) is 5. The molecule has 0 spiro atoms. The number of likely N-dealkylation sites (tertiary alicyclic amines) is 1. The molecule has 2 N–H and O–H groups in total. The fourth-order valence-electron chi connectivity index (χ4n) is 3.23. The van der Waals surface area contributed by atoms with E-state index < -0.39 is 17.7 Å². The Kier molecular flexibility index (Phi) is 5.75. The highest BCUT2D eigenvalue weighted by atomic mass is 16.5. The first-order valence-corrected chi connectivity index (χ1v) is 9.07. The Labute approximate surface area is 163 Å². The summed E-state index contributed by atoms with van der Waals surface area (Å²) in [6.45, 7) is 1.04. The molecule has 1 fully saturated rings. The number of ketones is 1. The van der Waals surface area contributed by atoms with Crippen molar-refractivity contribution in [3.05, 3.63) is 65.5 Å². The van der Waals surface area contributed by atoms with Gasteiger partial charge >= 0.3 is 0 Å². The SMILES string of the molecule is COc1cccc(/C(O)=C2/C(=O)C(=O)N(CC[NH+](C)C)[C@H]2c2ccccn2)c1. The number of hydrogen-bond donors (Lipinski definition) is 2. The van der Waals surface area contributed by atoms with Gasteiger partial charge in [-0.25, -0.2) is 0 Å². The van der Waals surface area contributed by atoms with Crippen molar-refractivity contribution in [2.24, 2.45) is 0 Å². The molecule has 146 valence electrons. The number of aliphatic hydroxyl groups excluding tert-OH is 1. The molecule has 0 aliphatic carbocycles. The molecular weight excluding hydrogens is 358 g/mol. The Morgan fingerprint density at radius 1 is 1.21 bits per heavy atom. The van der Waals surface area contributed by atoms with Gasteiger partial charge < -0.3 is 19.6 Å². The number of likely N-dealkylation sites (N-methyl/N-ethyl adjacent to an activating group) is 1. The molecule has 0 unspecified atom stereocenters. The van der Waals surface area contributed by atoms with Gasteiger partial charge in [0.25, 0.3) is 11.7 Å². The van der Waals surface area contributed by atoms with Crippen LogP contribution in [0.2, 0.25) is 0 Å². The lowest BCUT2D eigenvalue weighted by Gasteiger charge is -2.24. The van der Waals surface area contributed by atoms with Gasteiger partial charge in [-0.15, -0.1) is 0 Å². The number of aromatic nitrogens is 1. The molecule has 1 aliphatic rings. The van der Waals surface area contributed by atoms with Crippen molar-refractivity contribution in [1.82, 2.24) is 9.88 Å². The molecule has 1 amide bonds. The number of benzene rings is 1. The van der Waals surface area contributed by atoms with Crippen molar-refractivity contribution in [3.63, 3.8) is 0 Å². The molecule has 2 aromatic rings. The monoisotopic (exact) mass is 382 g/mol. The molecule has 3 rings (SSSR count). The number of aliphatic hydroxyl groups is 1. The van der Waals surface area contributed by atoms with E-state index in [0.29, 0.717) is 30.1 Å². The Morgan fingerprint density at radius 3 is 2.64 bits per heavy atom. The van der Waals surface area contributed by atoms with Crippen molar-refractivity contribution >= 4 is 17.4 Å². The lowest BCUT2D eigenvalue weighted by atomic mass is 9.98. The van der Waals surface area contributed by atoms with Crippen LogP contribution in [0.25, 0.3) is 5.76 Å². The van der Waals surface area contributed by atoms with E-state index in [1.165, 1.54) is 12.0 Å². The summed E-state index contributed by atoms with van der Waals surface area (Å²) in [4.78, 5) is 32.6. The maximum absolute atomic E-state index is 12.8. The predicted octanol–water partition coefficient (Wildman–Crippen LogP) is 0.656. The first kappa shape index (κ1) is 19.6. The third-order valence-electron chi connectivity index (χ3n) is 4.70. The van der Waals surface area contributed by atoms with E-state index >= 15 is 0 Å². The van der Waals surface area contributed by atoms with Gasteiger partial charge in [0.15, 0.2) is 0 Å². The number of methoxy groups -OCH3 is 1. The molecule has 1 aromatic heterocycles. The summed E-state index contributed by atoms with van der Waals surface area (Å²) >= 11 is 0. The maximum Gasteiger partial charge on any atom is 0.295 e. The van der Waals surface area contributed by atoms with Crippen LogP contribution >= 0.6 is 0 Å². The minimum absolute atomic E-state index is 0.0470. The highest BCUT2D eigenvalue weighted by Crippen LogP contribution is 2.38. The topological polar surface area (TPSA) is 84.2 Å². The van der Waals surface area contributed by atoms with E-state index in [-0.39, 0.29) is 11.3 Å². The quantitative estimate of drug-likeness (QED) is 0.436. The van der Waals surface area contributed by atoms with Crippen LogP contribution < -0.4 is 9.64 Å². The molecule has 1 aliphatic heterocycles. The van der Waals surface area contributed by atoms with E-state index in [2.05, 4.69) is 4.98 Å². The Hall–Kier alpha value is -3.19. The number of pyridine rings is 1. The minimum atomic E-state index is -0.730. The summed E-state index contributed by atoms with van der Waals surface area (Å²) in [5, 5.41) is 10.9. The van der Waals surface area contributed by atoms with Crippen molar-refractivity contribution in [2.45, 2.75) is 6.04 Å². The number of carbonyl (C=O) groups is 2. The van der Waals surface area contributed by atoms with E-state index in [9.17, 15) is 14.7 Å². The molecule has 1 atom stereocenters. The second kappa shape index (κ2) is 8.22. The van der Waals surface area contributed by atoms with Crippen molar-refractivity contribution in [3.8, 4) is 5.75 Å². The summed E-state index contributed by atoms with van der Waals surface area (Å²) in [7, 11) is 5.47. The van der Waals surface area contributed by atoms with Crippen LogP contribution in [-0.4, -0.2) is 61.0 Å². The molecule has 28 heavy (non-hydrogen) atoms. The number of rotatable bonds is 6. The smallest absolute Gasteiger partial charge is 0.295 e. The Balaban J connectivity index is 2.13. The summed E-state index contributed by atoms with van der Waals surface area (Å²) in [6, 6.07) is 11.3. The van der Waals surface area contributed by atoms with Crippen molar-refractivity contribution in [2.75, 3.05) is 34.3 Å². The molecule has 1 saturated heterocycles. The highest BCUT2D eigenvalue weighted by molar-refractivity contribution is 6.46. The van der Waals surface area contributed by atoms with Gasteiger partial charge in [0.1, 0.15) is 17.6 Å². The van der Waals surface area contributed by atoms with Gasteiger partial charge in [-0.1, -0.05) is 18.2 Å². The first-order chi connectivity index (χ1) is 13.4. The minimum Gasteiger partial charge on any atom is -0.507 e. The Morgan fingerprint density at radius 2 is 2.00 bits per heavy atom. The van der Waals surface area contributed by atoms with Crippen molar-refractivity contribution < 1.29 is 24.3 Å². The number of amides is 1. The second-order valence-electron chi connectivity index (χ2n) is 6.94. The van der Waals surface area contributed by atoms with Crippen LogP contribution in [-0.2, 0) is 9.59 Å². The van der Waals surface area contributed by atoms with Gasteiger partial charge in [-0.3, -0.25) is 14.6 Å². The summed E-state index contributed by atoms with van der Waals surface area (Å²) in [5.74, 6) is -1.01. The van der Waals surface area contributed by atoms with E-state index in [1.807, 2.05) is 14.1 Å². The number of nitrogens with zero attached hydrogens (tertiary/aromatic N) is 2. The Bertz CT molecular complexity index is 909. The summed E-state index contributed by atoms with van der Waals surface area (Å²) in [6.07, 6.45) is 1.61. The lowest BCUT2D eigenvalue weighted by molar-refractivity contribution is -0.857. The van der Waals surface area contributed by atoms with Crippen molar-refractivity contribution in [1.29, 1.82) is 0 Å². The highest BCUT2D eigenvalue weighted by Gasteiger charge is 2.46. The largest absolute Gasteiger partial charge is 0.507 e. The second-order valence-corrected chi connectivity index (χ2v) is 6.94. The van der Waals surface area contributed by atoms with E-state index in [4.69, 9.17) is 4.74 Å². The number of nitrogens with one attached hydrogen (secondary N) is 1. The van der Waals surface area contributed by atoms with Gasteiger partial charge in [-0.05, 0) is 24.3 Å². The number of Topliss-reactive ketones (excluding diaryl/α,β-unsaturated/α-hetero) is 1. The molecule has 0 radical (unpaired) electrons. The molecule has 0 bridgehead atoms. The van der Waals surface area contributed by atoms with Gasteiger partial charge in [0.05, 0.1) is 45.6 Å². The van der Waals surface area contributed by atoms with Gasteiger partial charge in [-0.2, -0.15) is 0 Å². The average Bonchev–Trinajstić information content (AvgIpc) is 2.97. The van der Waals surface area contributed by atoms with Crippen LogP contribution in [0.4, 0.5) is 0 Å². The van der Waals surface area contributed by atoms with Gasteiger partial charge in [0.2, 0.25) is 0 Å². The molecule has 7 heteroatoms. The fourth-order valence-corrected chi connectivity index (χ4v) is 3.23. The van der Waals surface area contributed by atoms with Crippen LogP contribution in [0.5, 0.6) is 5.75 Å². The zero-order chi connectivity index (χ0) is 20.3. The van der Waals surface area contributed by atoms with E-state index in [1.54, 1.807) is 48.7 Å². The first-order valence-electron chi connectivity index (χ1n) is 9.07. The zero-order valence-electron chi connectivity index (χ0n) is 16.2. The normalized spacial score (nSPS) is 18.7. The van der Waals surface area contributed by atoms with Gasteiger partial charge in [0, 0.05) is 11.8 Å². The standard InChI is InChI=1S/C21H23N3O4/c1-23(2)11-12-24-18(16-9-4-5-10-22-16)17(20(26)21(24)27)19(25)14-7-6-8-15(13-14)28-3/h4-10,13,18,25H,11-12H2,1-3H3/p+1/b19-17-/t18-/m0/s1. The van der Waals surface area contributed by atoms with Crippen LogP contribution in [0.1, 0.15) is 17.3 Å². The zero-order valence-corrected chi connectivity index (χ0v) is 16.2. The molecule has 1 aromatic carbocycles. The number of ether oxygens (including phenoxy) is 1. The molecular formula is C21H24N3O4+. The van der Waals surface area contributed by atoms with Crippen LogP contribution in [0, 0.1) is 0 Å². The summed E-state index contributed by atoms with van der Waals surface area (Å²) in [5.41, 5.74) is 1.00. The van der Waals surface area contributed by atoms with Crippen LogP contribution in [0.3, 0.4) is 0 Å². The fraction of sp³-hybridized carbons (Fsp3) is 0.286. The lowest BCUT2D eigenvalue weighted by Crippen LogP contribution is -3.06. The molecule has 0 saturated carbocycles. The average molecular weight is 382 g/mol. The number of quaternary nitrogens is 1. The maximum atomic E-state index is 12.8. The molecule has 2 heterocycles. The van der Waals surface area contributed by atoms with Crippen LogP contribution in [0.15, 0.2) is 54.2 Å². The molecule has 7 nitrogen and oxygen atoms in total.